The standard InChI is InChI=1S/C22H26N2O2/c25-21(18-6-2-1-3-7-18)22(26)19-11-9-17(10-12-19)16-24-15-5-14-23-13-4-8-20(23)24/h1-3,6-7,9-12,20,22,26H,4-5,8,13-16H2. The number of benzene rings is 2. The molecule has 0 bridgehead atoms. The summed E-state index contributed by atoms with van der Waals surface area (Å²) in [7, 11) is 0. The molecule has 2 heterocycles. The van der Waals surface area contributed by atoms with Crippen LogP contribution in [0, 0.1) is 0 Å². The number of hydrogen-bond donors (Lipinski definition) is 1. The molecule has 4 rings (SSSR count). The number of aliphatic hydroxyl groups excluding tert-OH is 1. The summed E-state index contributed by atoms with van der Waals surface area (Å²) in [6.07, 6.45) is 3.29. The van der Waals surface area contributed by atoms with Crippen LogP contribution in [0.15, 0.2) is 54.6 Å². The monoisotopic (exact) mass is 350 g/mol. The van der Waals surface area contributed by atoms with Crippen molar-refractivity contribution in [2.45, 2.75) is 38.1 Å². The first-order chi connectivity index (χ1) is 12.7. The number of hydrogen-bond acceptors (Lipinski definition) is 4. The maximum absolute atomic E-state index is 12.4. The molecule has 4 heteroatoms. The molecule has 1 N–H and O–H groups in total. The molecule has 2 aliphatic rings. The van der Waals surface area contributed by atoms with E-state index in [0.717, 1.165) is 13.1 Å². The predicted molar refractivity (Wildman–Crippen MR) is 102 cm³/mol. The van der Waals surface area contributed by atoms with E-state index in [1.165, 1.54) is 37.9 Å². The lowest BCUT2D eigenvalue weighted by molar-refractivity contribution is 0.0286. The van der Waals surface area contributed by atoms with E-state index in [1.807, 2.05) is 42.5 Å². The van der Waals surface area contributed by atoms with Crippen LogP contribution in [0.5, 0.6) is 0 Å². The lowest BCUT2D eigenvalue weighted by atomic mass is 9.99. The number of rotatable bonds is 5. The summed E-state index contributed by atoms with van der Waals surface area (Å²) in [6, 6.07) is 16.8. The van der Waals surface area contributed by atoms with Gasteiger partial charge in [0.15, 0.2) is 5.78 Å². The summed E-state index contributed by atoms with van der Waals surface area (Å²) in [5.41, 5.74) is 2.43. The van der Waals surface area contributed by atoms with Gasteiger partial charge < -0.3 is 5.11 Å². The Morgan fingerprint density at radius 2 is 1.73 bits per heavy atom. The van der Waals surface area contributed by atoms with E-state index in [4.69, 9.17) is 0 Å². The maximum Gasteiger partial charge on any atom is 0.195 e. The van der Waals surface area contributed by atoms with Crippen LogP contribution in [0.25, 0.3) is 0 Å². The van der Waals surface area contributed by atoms with Crippen molar-refractivity contribution in [3.63, 3.8) is 0 Å². The Hall–Kier alpha value is -2.01. The van der Waals surface area contributed by atoms with Crippen LogP contribution in [0.4, 0.5) is 0 Å². The van der Waals surface area contributed by atoms with Crippen molar-refractivity contribution >= 4 is 5.78 Å². The first-order valence-electron chi connectivity index (χ1n) is 9.56. The SMILES string of the molecule is O=C(c1ccccc1)C(O)c1ccc(CN2CCCN3CCCC32)cc1. The van der Waals surface area contributed by atoms with Gasteiger partial charge in [-0.2, -0.15) is 0 Å². The van der Waals surface area contributed by atoms with Gasteiger partial charge in [-0.3, -0.25) is 14.6 Å². The molecule has 4 nitrogen and oxygen atoms in total. The topological polar surface area (TPSA) is 43.8 Å². The number of Topliss-reactive ketones (excluding diaryl/α,β-unsaturated/α-hetero) is 1. The van der Waals surface area contributed by atoms with E-state index < -0.39 is 6.10 Å². The van der Waals surface area contributed by atoms with E-state index in [0.29, 0.717) is 17.3 Å². The molecule has 0 saturated carbocycles. The maximum atomic E-state index is 12.4. The lowest BCUT2D eigenvalue weighted by Gasteiger charge is -2.40. The summed E-state index contributed by atoms with van der Waals surface area (Å²) in [5, 5.41) is 10.4. The Bertz CT molecular complexity index is 744. The highest BCUT2D eigenvalue weighted by atomic mass is 16.3. The van der Waals surface area contributed by atoms with Crippen LogP contribution < -0.4 is 0 Å². The van der Waals surface area contributed by atoms with Gasteiger partial charge in [-0.25, -0.2) is 0 Å². The fourth-order valence-electron chi connectivity index (χ4n) is 4.24. The molecular weight excluding hydrogens is 324 g/mol. The van der Waals surface area contributed by atoms with Crippen molar-refractivity contribution in [3.05, 3.63) is 71.3 Å². The Balaban J connectivity index is 1.42. The highest BCUT2D eigenvalue weighted by Crippen LogP contribution is 2.27. The molecule has 2 aromatic rings. The first kappa shape index (κ1) is 17.4. The van der Waals surface area contributed by atoms with Gasteiger partial charge in [0.1, 0.15) is 6.10 Å². The normalized spacial score (nSPS) is 22.1. The van der Waals surface area contributed by atoms with Gasteiger partial charge in [0.2, 0.25) is 0 Å². The molecule has 2 saturated heterocycles. The van der Waals surface area contributed by atoms with E-state index in [9.17, 15) is 9.90 Å². The molecule has 0 aromatic heterocycles. The highest BCUT2D eigenvalue weighted by molar-refractivity contribution is 5.99. The molecule has 2 atom stereocenters. The van der Waals surface area contributed by atoms with Crippen molar-refractivity contribution in [1.82, 2.24) is 9.80 Å². The van der Waals surface area contributed by atoms with Gasteiger partial charge in [-0.1, -0.05) is 54.6 Å². The number of fused-ring (bicyclic) bond motifs is 1. The minimum Gasteiger partial charge on any atom is -0.380 e. The molecule has 0 aliphatic carbocycles. The van der Waals surface area contributed by atoms with Crippen LogP contribution in [-0.4, -0.2) is 46.5 Å². The van der Waals surface area contributed by atoms with E-state index in [2.05, 4.69) is 9.80 Å². The van der Waals surface area contributed by atoms with E-state index in [1.54, 1.807) is 12.1 Å². The zero-order valence-electron chi connectivity index (χ0n) is 15.1. The first-order valence-corrected chi connectivity index (χ1v) is 9.56. The number of carbonyl (C=O) groups excluding carboxylic acids is 1. The summed E-state index contributed by atoms with van der Waals surface area (Å²) < 4.78 is 0. The average molecular weight is 350 g/mol. The lowest BCUT2D eigenvalue weighted by Crippen LogP contribution is -2.49. The summed E-state index contributed by atoms with van der Waals surface area (Å²) in [6.45, 7) is 4.55. The molecule has 136 valence electrons. The third-order valence-corrected chi connectivity index (χ3v) is 5.63. The highest BCUT2D eigenvalue weighted by Gasteiger charge is 2.32. The van der Waals surface area contributed by atoms with Crippen LogP contribution in [0.2, 0.25) is 0 Å². The van der Waals surface area contributed by atoms with Gasteiger partial charge in [0.25, 0.3) is 0 Å². The molecule has 26 heavy (non-hydrogen) atoms. The van der Waals surface area contributed by atoms with E-state index in [-0.39, 0.29) is 5.78 Å². The molecule has 0 spiro atoms. The minimum absolute atomic E-state index is 0.254. The minimum atomic E-state index is -1.10. The van der Waals surface area contributed by atoms with E-state index >= 15 is 0 Å². The summed E-state index contributed by atoms with van der Waals surface area (Å²) in [5.74, 6) is -0.254. The smallest absolute Gasteiger partial charge is 0.195 e. The van der Waals surface area contributed by atoms with Gasteiger partial charge in [-0.15, -0.1) is 0 Å². The van der Waals surface area contributed by atoms with Gasteiger partial charge >= 0.3 is 0 Å². The molecule has 0 radical (unpaired) electrons. The predicted octanol–water partition coefficient (Wildman–Crippen LogP) is 3.23. The van der Waals surface area contributed by atoms with Crippen molar-refractivity contribution in [2.24, 2.45) is 0 Å². The number of aliphatic hydroxyl groups is 1. The molecule has 0 amide bonds. The van der Waals surface area contributed by atoms with Gasteiger partial charge in [0, 0.05) is 25.2 Å². The van der Waals surface area contributed by atoms with Crippen molar-refractivity contribution in [1.29, 1.82) is 0 Å². The zero-order valence-corrected chi connectivity index (χ0v) is 15.1. The Labute approximate surface area is 155 Å². The van der Waals surface area contributed by atoms with Crippen molar-refractivity contribution < 1.29 is 9.90 Å². The van der Waals surface area contributed by atoms with Crippen LogP contribution in [0.1, 0.15) is 46.9 Å². The molecule has 2 unspecified atom stereocenters. The molecule has 2 fully saturated rings. The number of carbonyl (C=O) groups is 1. The van der Waals surface area contributed by atoms with Gasteiger partial charge in [-0.05, 0) is 36.9 Å². The van der Waals surface area contributed by atoms with Gasteiger partial charge in [0.05, 0.1) is 6.17 Å². The second-order valence-electron chi connectivity index (χ2n) is 7.36. The third kappa shape index (κ3) is 3.58. The fourth-order valence-corrected chi connectivity index (χ4v) is 4.24. The fraction of sp³-hybridized carbons (Fsp3) is 0.409. The molecule has 2 aliphatic heterocycles. The Morgan fingerprint density at radius 3 is 2.50 bits per heavy atom. The Kier molecular flexibility index (Phi) is 5.16. The zero-order chi connectivity index (χ0) is 17.9. The second-order valence-corrected chi connectivity index (χ2v) is 7.36. The largest absolute Gasteiger partial charge is 0.380 e. The Morgan fingerprint density at radius 1 is 1.00 bits per heavy atom. The molecular formula is C22H26N2O2. The number of nitrogens with zero attached hydrogens (tertiary/aromatic N) is 2. The number of ketones is 1. The summed E-state index contributed by atoms with van der Waals surface area (Å²) in [4.78, 5) is 17.6. The van der Waals surface area contributed by atoms with Crippen LogP contribution in [-0.2, 0) is 6.54 Å². The van der Waals surface area contributed by atoms with Crippen LogP contribution in [0.3, 0.4) is 0 Å². The van der Waals surface area contributed by atoms with Crippen LogP contribution >= 0.6 is 0 Å². The quantitative estimate of drug-likeness (QED) is 0.841. The second kappa shape index (κ2) is 7.70. The van der Waals surface area contributed by atoms with Crippen molar-refractivity contribution in [2.75, 3.05) is 19.6 Å². The summed E-state index contributed by atoms with van der Waals surface area (Å²) >= 11 is 0. The van der Waals surface area contributed by atoms with Crippen molar-refractivity contribution in [3.8, 4) is 0 Å². The average Bonchev–Trinajstić information content (AvgIpc) is 3.18. The third-order valence-electron chi connectivity index (χ3n) is 5.63. The molecule has 2 aromatic carbocycles.